The molecule has 0 aliphatic heterocycles. The van der Waals surface area contributed by atoms with E-state index in [-0.39, 0.29) is 11.9 Å². The SMILES string of the molecule is CC(c1ccc(-n2cncn2)cc1)N(C)CC(=O)Nc1ccc(I)cc1. The third-order valence-corrected chi connectivity index (χ3v) is 4.96. The Balaban J connectivity index is 1.59. The van der Waals surface area contributed by atoms with E-state index in [1.54, 1.807) is 11.0 Å². The minimum absolute atomic E-state index is 0.0280. The van der Waals surface area contributed by atoms with Gasteiger partial charge in [-0.05, 0) is 78.5 Å². The van der Waals surface area contributed by atoms with Crippen LogP contribution in [0.25, 0.3) is 5.69 Å². The van der Waals surface area contributed by atoms with Crippen molar-refractivity contribution in [3.05, 3.63) is 70.3 Å². The predicted molar refractivity (Wildman–Crippen MR) is 110 cm³/mol. The van der Waals surface area contributed by atoms with Crippen LogP contribution in [0.5, 0.6) is 0 Å². The Hall–Kier alpha value is -2.26. The van der Waals surface area contributed by atoms with Gasteiger partial charge >= 0.3 is 0 Å². The number of halogens is 1. The van der Waals surface area contributed by atoms with Crippen molar-refractivity contribution in [2.45, 2.75) is 13.0 Å². The van der Waals surface area contributed by atoms with Crippen molar-refractivity contribution in [2.75, 3.05) is 18.9 Å². The maximum atomic E-state index is 12.3. The van der Waals surface area contributed by atoms with Gasteiger partial charge in [-0.15, -0.1) is 0 Å². The molecule has 0 saturated carbocycles. The van der Waals surface area contributed by atoms with Gasteiger partial charge in [0, 0.05) is 15.3 Å². The lowest BCUT2D eigenvalue weighted by atomic mass is 10.1. The average molecular weight is 461 g/mol. The van der Waals surface area contributed by atoms with E-state index in [0.717, 1.165) is 20.5 Å². The van der Waals surface area contributed by atoms with Gasteiger partial charge in [0.1, 0.15) is 12.7 Å². The molecule has 6 nitrogen and oxygen atoms in total. The van der Waals surface area contributed by atoms with E-state index in [2.05, 4.69) is 57.0 Å². The van der Waals surface area contributed by atoms with E-state index < -0.39 is 0 Å². The molecule has 3 rings (SSSR count). The maximum Gasteiger partial charge on any atom is 0.238 e. The molecule has 1 aromatic heterocycles. The van der Waals surface area contributed by atoms with Crippen LogP contribution < -0.4 is 5.32 Å². The van der Waals surface area contributed by atoms with Crippen molar-refractivity contribution < 1.29 is 4.79 Å². The van der Waals surface area contributed by atoms with E-state index in [4.69, 9.17) is 0 Å². The Kier molecular flexibility index (Phi) is 6.00. The quantitative estimate of drug-likeness (QED) is 0.571. The van der Waals surface area contributed by atoms with Crippen LogP contribution in [0, 0.1) is 3.57 Å². The summed E-state index contributed by atoms with van der Waals surface area (Å²) in [5.41, 5.74) is 2.91. The zero-order valence-electron chi connectivity index (χ0n) is 14.6. The van der Waals surface area contributed by atoms with Gasteiger partial charge in [-0.3, -0.25) is 9.69 Å². The molecule has 0 saturated heterocycles. The van der Waals surface area contributed by atoms with Crippen LogP contribution in [0.15, 0.2) is 61.2 Å². The zero-order chi connectivity index (χ0) is 18.5. The van der Waals surface area contributed by atoms with Crippen molar-refractivity contribution in [1.82, 2.24) is 19.7 Å². The number of rotatable bonds is 6. The summed E-state index contributed by atoms with van der Waals surface area (Å²) < 4.78 is 2.85. The molecule has 0 radical (unpaired) electrons. The summed E-state index contributed by atoms with van der Waals surface area (Å²) in [5, 5.41) is 7.05. The molecular formula is C19H20IN5O. The largest absolute Gasteiger partial charge is 0.325 e. The fourth-order valence-electron chi connectivity index (χ4n) is 2.60. The third kappa shape index (κ3) is 4.67. The minimum Gasteiger partial charge on any atom is -0.325 e. The smallest absolute Gasteiger partial charge is 0.238 e. The number of carbonyl (C=O) groups excluding carboxylic acids is 1. The highest BCUT2D eigenvalue weighted by Gasteiger charge is 2.15. The van der Waals surface area contributed by atoms with E-state index in [9.17, 15) is 4.79 Å². The fraction of sp³-hybridized carbons (Fsp3) is 0.211. The van der Waals surface area contributed by atoms with Crippen molar-refractivity contribution in [1.29, 1.82) is 0 Å². The molecule has 1 unspecified atom stereocenters. The number of carbonyl (C=O) groups is 1. The van der Waals surface area contributed by atoms with Gasteiger partial charge in [0.05, 0.1) is 12.2 Å². The summed E-state index contributed by atoms with van der Waals surface area (Å²) in [6, 6.07) is 16.0. The Morgan fingerprint density at radius 1 is 1.19 bits per heavy atom. The molecule has 0 fully saturated rings. The van der Waals surface area contributed by atoms with E-state index >= 15 is 0 Å². The Labute approximate surface area is 166 Å². The van der Waals surface area contributed by atoms with Gasteiger partial charge in [0.15, 0.2) is 0 Å². The summed E-state index contributed by atoms with van der Waals surface area (Å²) in [7, 11) is 1.95. The summed E-state index contributed by atoms with van der Waals surface area (Å²) >= 11 is 2.24. The second-order valence-corrected chi connectivity index (χ2v) is 7.32. The number of nitrogens with one attached hydrogen (secondary N) is 1. The topological polar surface area (TPSA) is 63.1 Å². The van der Waals surface area contributed by atoms with Crippen molar-refractivity contribution >= 4 is 34.2 Å². The van der Waals surface area contributed by atoms with Crippen molar-refractivity contribution in [3.8, 4) is 5.69 Å². The van der Waals surface area contributed by atoms with E-state index in [1.165, 1.54) is 6.33 Å². The van der Waals surface area contributed by atoms with E-state index in [0.29, 0.717) is 6.54 Å². The number of aromatic nitrogens is 3. The highest BCUT2D eigenvalue weighted by atomic mass is 127. The highest BCUT2D eigenvalue weighted by molar-refractivity contribution is 14.1. The van der Waals surface area contributed by atoms with E-state index in [1.807, 2.05) is 48.3 Å². The summed E-state index contributed by atoms with van der Waals surface area (Å²) in [5.74, 6) is -0.0280. The lowest BCUT2D eigenvalue weighted by Crippen LogP contribution is -2.32. The molecule has 0 spiro atoms. The van der Waals surface area contributed by atoms with Crippen LogP contribution in [0.1, 0.15) is 18.5 Å². The molecule has 26 heavy (non-hydrogen) atoms. The monoisotopic (exact) mass is 461 g/mol. The molecule has 2 aromatic carbocycles. The molecular weight excluding hydrogens is 441 g/mol. The average Bonchev–Trinajstić information content (AvgIpc) is 3.18. The molecule has 0 aliphatic carbocycles. The third-order valence-electron chi connectivity index (χ3n) is 4.24. The van der Waals surface area contributed by atoms with Gasteiger partial charge < -0.3 is 5.32 Å². The molecule has 0 bridgehead atoms. The summed E-state index contributed by atoms with van der Waals surface area (Å²) in [4.78, 5) is 18.3. The van der Waals surface area contributed by atoms with Crippen LogP contribution in [0.2, 0.25) is 0 Å². The highest BCUT2D eigenvalue weighted by Crippen LogP contribution is 2.20. The predicted octanol–water partition coefficient (Wildman–Crippen LogP) is 3.50. The number of benzene rings is 2. The normalized spacial score (nSPS) is 12.2. The van der Waals surface area contributed by atoms with Crippen molar-refractivity contribution in [2.24, 2.45) is 0 Å². The lowest BCUT2D eigenvalue weighted by Gasteiger charge is -2.24. The van der Waals surface area contributed by atoms with Gasteiger partial charge in [-0.1, -0.05) is 12.1 Å². The number of hydrogen-bond donors (Lipinski definition) is 1. The first-order chi connectivity index (χ1) is 12.5. The van der Waals surface area contributed by atoms with Crippen molar-refractivity contribution in [3.63, 3.8) is 0 Å². The standard InChI is InChI=1S/C19H20IN5O/c1-14(15-3-9-18(10-4-15)25-13-21-12-22-25)24(2)11-19(26)23-17-7-5-16(20)6-8-17/h3-10,12-14H,11H2,1-2H3,(H,23,26). The number of amides is 1. The van der Waals surface area contributed by atoms with Crippen LogP contribution in [0.4, 0.5) is 5.69 Å². The first-order valence-corrected chi connectivity index (χ1v) is 9.31. The molecule has 7 heteroatoms. The number of anilines is 1. The molecule has 1 heterocycles. The van der Waals surface area contributed by atoms with Crippen LogP contribution in [0.3, 0.4) is 0 Å². The molecule has 0 aliphatic rings. The molecule has 1 amide bonds. The number of likely N-dealkylation sites (N-methyl/N-ethyl adjacent to an activating group) is 1. The summed E-state index contributed by atoms with van der Waals surface area (Å²) in [6.45, 7) is 2.40. The Bertz CT molecular complexity index is 847. The maximum absolute atomic E-state index is 12.3. The van der Waals surface area contributed by atoms with Crippen LogP contribution in [-0.2, 0) is 4.79 Å². The van der Waals surface area contributed by atoms with Crippen LogP contribution >= 0.6 is 22.6 Å². The zero-order valence-corrected chi connectivity index (χ0v) is 16.8. The fourth-order valence-corrected chi connectivity index (χ4v) is 2.96. The molecule has 134 valence electrons. The Morgan fingerprint density at radius 2 is 1.88 bits per heavy atom. The van der Waals surface area contributed by atoms with Gasteiger partial charge in [0.2, 0.25) is 5.91 Å². The first-order valence-electron chi connectivity index (χ1n) is 8.23. The summed E-state index contributed by atoms with van der Waals surface area (Å²) in [6.07, 6.45) is 3.18. The van der Waals surface area contributed by atoms with Gasteiger partial charge in [-0.2, -0.15) is 5.10 Å². The number of nitrogens with zero attached hydrogens (tertiary/aromatic N) is 4. The second kappa shape index (κ2) is 8.41. The second-order valence-electron chi connectivity index (χ2n) is 6.08. The van der Waals surface area contributed by atoms with Crippen LogP contribution in [-0.4, -0.2) is 39.2 Å². The van der Waals surface area contributed by atoms with Gasteiger partial charge in [-0.25, -0.2) is 9.67 Å². The first kappa shape index (κ1) is 18.5. The molecule has 1 N–H and O–H groups in total. The minimum atomic E-state index is -0.0280. The molecule has 1 atom stereocenters. The molecule has 3 aromatic rings. The lowest BCUT2D eigenvalue weighted by molar-refractivity contribution is -0.117. The number of hydrogen-bond acceptors (Lipinski definition) is 4. The van der Waals surface area contributed by atoms with Gasteiger partial charge in [0.25, 0.3) is 0 Å². The Morgan fingerprint density at radius 3 is 2.50 bits per heavy atom.